The molecule has 1 radical (unpaired) electrons. The van der Waals surface area contributed by atoms with Gasteiger partial charge in [0.15, 0.2) is 5.78 Å². The third-order valence-corrected chi connectivity index (χ3v) is 5.22. The molecular weight excluding hydrogens is 414 g/mol. The average Bonchev–Trinajstić information content (AvgIpc) is 2.66. The van der Waals surface area contributed by atoms with Gasteiger partial charge in [-0.2, -0.15) is 8.78 Å². The number of halogens is 2. The molecule has 32 heavy (non-hydrogen) atoms. The molecule has 0 saturated heterocycles. The number of rotatable bonds is 11. The summed E-state index contributed by atoms with van der Waals surface area (Å²) in [6, 6.07) is 6.81. The maximum atomic E-state index is 13.0. The fourth-order valence-corrected chi connectivity index (χ4v) is 4.43. The fourth-order valence-electron chi connectivity index (χ4n) is 4.43. The van der Waals surface area contributed by atoms with E-state index in [-0.39, 0.29) is 22.5 Å². The van der Waals surface area contributed by atoms with Gasteiger partial charge in [0, 0.05) is 18.6 Å². The molecule has 2 rings (SSSR count). The molecular formula is C25H33F2N2O3. The minimum atomic E-state index is -2.91. The van der Waals surface area contributed by atoms with E-state index < -0.39 is 18.1 Å². The van der Waals surface area contributed by atoms with Crippen molar-refractivity contribution in [3.63, 3.8) is 0 Å². The number of alkyl halides is 2. The van der Waals surface area contributed by atoms with Crippen molar-refractivity contribution in [2.45, 2.75) is 45.8 Å². The summed E-state index contributed by atoms with van der Waals surface area (Å²) in [7, 11) is 3.91. The van der Waals surface area contributed by atoms with Crippen molar-refractivity contribution in [1.82, 2.24) is 10.2 Å². The normalized spacial score (nSPS) is 18.6. The van der Waals surface area contributed by atoms with Crippen LogP contribution in [0.5, 0.6) is 5.75 Å². The average molecular weight is 448 g/mol. The minimum absolute atomic E-state index is 0.0315. The van der Waals surface area contributed by atoms with Gasteiger partial charge in [-0.25, -0.2) is 0 Å². The molecule has 0 amide bonds. The number of hydrogen-bond donors (Lipinski definition) is 1. The van der Waals surface area contributed by atoms with E-state index in [2.05, 4.69) is 26.1 Å². The van der Waals surface area contributed by atoms with Gasteiger partial charge in [-0.1, -0.05) is 51.1 Å². The van der Waals surface area contributed by atoms with Crippen molar-refractivity contribution in [3.05, 3.63) is 53.6 Å². The van der Waals surface area contributed by atoms with Gasteiger partial charge in [-0.15, -0.1) is 0 Å². The second-order valence-electron chi connectivity index (χ2n) is 9.84. The van der Waals surface area contributed by atoms with Gasteiger partial charge in [0.05, 0.1) is 11.5 Å². The lowest BCUT2D eigenvalue weighted by molar-refractivity contribution is -0.117. The van der Waals surface area contributed by atoms with Crippen LogP contribution in [0.3, 0.4) is 0 Å². The first-order valence-corrected chi connectivity index (χ1v) is 10.7. The van der Waals surface area contributed by atoms with Crippen LogP contribution in [0.25, 0.3) is 0 Å². The number of nitrogens with zero attached hydrogens (tertiary/aromatic N) is 1. The summed E-state index contributed by atoms with van der Waals surface area (Å²) in [5.74, 6) is -0.618. The summed E-state index contributed by atoms with van der Waals surface area (Å²) in [5, 5.41) is 3.58. The number of ketones is 1. The van der Waals surface area contributed by atoms with Crippen LogP contribution in [0, 0.1) is 11.3 Å². The second-order valence-corrected chi connectivity index (χ2v) is 9.84. The number of allylic oxidation sites excluding steroid dienone is 3. The van der Waals surface area contributed by atoms with Crippen molar-refractivity contribution in [3.8, 4) is 5.75 Å². The Balaban J connectivity index is 2.38. The molecule has 0 fully saturated rings. The molecule has 0 spiro atoms. The summed E-state index contributed by atoms with van der Waals surface area (Å²) < 4.78 is 30.8. The Morgan fingerprint density at radius 1 is 1.22 bits per heavy atom. The zero-order valence-corrected chi connectivity index (χ0v) is 19.5. The minimum Gasteiger partial charge on any atom is -0.435 e. The van der Waals surface area contributed by atoms with Gasteiger partial charge in [-0.3, -0.25) is 9.59 Å². The zero-order valence-electron chi connectivity index (χ0n) is 19.5. The molecule has 1 aromatic carbocycles. The first-order chi connectivity index (χ1) is 14.9. The van der Waals surface area contributed by atoms with Gasteiger partial charge in [-0.05, 0) is 50.1 Å². The summed E-state index contributed by atoms with van der Waals surface area (Å²) in [6.07, 6.45) is 7.77. The molecule has 1 aliphatic carbocycles. The highest BCUT2D eigenvalue weighted by molar-refractivity contribution is 6.14. The highest BCUT2D eigenvalue weighted by Crippen LogP contribution is 2.34. The first kappa shape index (κ1) is 25.9. The summed E-state index contributed by atoms with van der Waals surface area (Å²) in [6.45, 7) is 4.37. The highest BCUT2D eigenvalue weighted by atomic mass is 19.3. The van der Waals surface area contributed by atoms with Crippen LogP contribution in [0.1, 0.15) is 32.8 Å². The molecule has 1 unspecified atom stereocenters. The second kappa shape index (κ2) is 11.0. The van der Waals surface area contributed by atoms with Gasteiger partial charge in [0.2, 0.25) is 6.29 Å². The first-order valence-electron chi connectivity index (χ1n) is 10.7. The van der Waals surface area contributed by atoms with Crippen molar-refractivity contribution in [2.24, 2.45) is 11.3 Å². The molecule has 5 nitrogen and oxygen atoms in total. The molecule has 2 atom stereocenters. The van der Waals surface area contributed by atoms with Crippen LogP contribution in [0.2, 0.25) is 0 Å². The van der Waals surface area contributed by atoms with E-state index in [0.717, 1.165) is 0 Å². The number of hydrogen-bond acceptors (Lipinski definition) is 5. The number of ether oxygens (including phenoxy) is 1. The number of Topliss-reactive ketones (excluding diaryl/α,β-unsaturated/α-hetero) is 1. The van der Waals surface area contributed by atoms with Gasteiger partial charge >= 0.3 is 6.61 Å². The zero-order chi connectivity index (χ0) is 23.9. The van der Waals surface area contributed by atoms with Crippen LogP contribution in [-0.4, -0.2) is 56.3 Å². The van der Waals surface area contributed by atoms with Crippen LogP contribution >= 0.6 is 0 Å². The van der Waals surface area contributed by atoms with E-state index in [1.165, 1.54) is 6.08 Å². The van der Waals surface area contributed by atoms with E-state index in [4.69, 9.17) is 4.74 Å². The molecule has 0 bridgehead atoms. The smallest absolute Gasteiger partial charge is 0.387 e. The summed E-state index contributed by atoms with van der Waals surface area (Å²) in [4.78, 5) is 25.7. The van der Waals surface area contributed by atoms with Crippen molar-refractivity contribution >= 4 is 12.1 Å². The Bertz CT molecular complexity index is 859. The van der Waals surface area contributed by atoms with E-state index in [1.807, 2.05) is 19.0 Å². The molecule has 0 saturated carbocycles. The SMILES string of the molecule is CN(C)C[C@@](Cc1ccccc1OC(F)F)(CC(C)(C)C)NCC1C=CC=C([C]=O)C1=O. The number of para-hydroxylation sites is 1. The number of benzene rings is 1. The Morgan fingerprint density at radius 2 is 1.91 bits per heavy atom. The van der Waals surface area contributed by atoms with Crippen molar-refractivity contribution in [2.75, 3.05) is 27.2 Å². The monoisotopic (exact) mass is 447 g/mol. The molecule has 0 heterocycles. The maximum Gasteiger partial charge on any atom is 0.387 e. The van der Waals surface area contributed by atoms with Crippen molar-refractivity contribution < 1.29 is 23.1 Å². The van der Waals surface area contributed by atoms with Crippen LogP contribution in [-0.2, 0) is 16.0 Å². The summed E-state index contributed by atoms with van der Waals surface area (Å²) in [5.41, 5.74) is 0.0712. The highest BCUT2D eigenvalue weighted by Gasteiger charge is 2.37. The fraction of sp³-hybridized carbons (Fsp3) is 0.520. The summed E-state index contributed by atoms with van der Waals surface area (Å²) >= 11 is 0. The number of likely N-dealkylation sites (N-methyl/N-ethyl adjacent to an activating group) is 1. The van der Waals surface area contributed by atoms with E-state index in [9.17, 15) is 18.4 Å². The molecule has 0 aromatic heterocycles. The predicted molar refractivity (Wildman–Crippen MR) is 122 cm³/mol. The third-order valence-electron chi connectivity index (χ3n) is 5.22. The molecule has 1 aromatic rings. The van der Waals surface area contributed by atoms with Gasteiger partial charge in [0.25, 0.3) is 0 Å². The van der Waals surface area contributed by atoms with Crippen molar-refractivity contribution in [1.29, 1.82) is 0 Å². The Hall–Kier alpha value is -2.38. The number of nitrogens with one attached hydrogen (secondary N) is 1. The van der Waals surface area contributed by atoms with Crippen LogP contribution in [0.4, 0.5) is 8.78 Å². The quantitative estimate of drug-likeness (QED) is 0.521. The van der Waals surface area contributed by atoms with Gasteiger partial charge in [0.1, 0.15) is 5.75 Å². The standard InChI is InChI=1S/C25H33F2N2O3/c1-24(2,3)16-25(17-29(4)5,13-18-9-6-7-12-21(18)32-23(26)27)28-14-19-10-8-11-20(15-30)22(19)31/h6-12,19,23,28H,13-14,16-17H2,1-5H3/t19?,25-/m1/s1. The molecule has 1 aliphatic rings. The van der Waals surface area contributed by atoms with E-state index in [0.29, 0.717) is 31.5 Å². The van der Waals surface area contributed by atoms with E-state index in [1.54, 1.807) is 42.7 Å². The third kappa shape index (κ3) is 7.64. The Labute approximate surface area is 189 Å². The maximum absolute atomic E-state index is 13.0. The lowest BCUT2D eigenvalue weighted by atomic mass is 9.75. The predicted octanol–water partition coefficient (Wildman–Crippen LogP) is 3.95. The van der Waals surface area contributed by atoms with Crippen LogP contribution in [0.15, 0.2) is 48.1 Å². The van der Waals surface area contributed by atoms with Gasteiger partial charge < -0.3 is 15.0 Å². The lowest BCUT2D eigenvalue weighted by Crippen LogP contribution is -2.57. The Morgan fingerprint density at radius 3 is 2.50 bits per heavy atom. The molecule has 7 heteroatoms. The number of carbonyl (C=O) groups is 1. The molecule has 1 N–H and O–H groups in total. The van der Waals surface area contributed by atoms with Crippen LogP contribution < -0.4 is 10.1 Å². The lowest BCUT2D eigenvalue weighted by Gasteiger charge is -2.43. The topological polar surface area (TPSA) is 58.6 Å². The number of carbonyl (C=O) groups excluding carboxylic acids is 2. The molecule has 0 aliphatic heterocycles. The Kier molecular flexibility index (Phi) is 8.87. The molecule has 175 valence electrons. The van der Waals surface area contributed by atoms with E-state index >= 15 is 0 Å². The largest absolute Gasteiger partial charge is 0.435 e.